The Bertz CT molecular complexity index is 568. The molecular weight excluding hydrogens is 238 g/mol. The zero-order valence-corrected chi connectivity index (χ0v) is 9.78. The number of aliphatic hydroxyl groups is 1. The van der Waals surface area contributed by atoms with Gasteiger partial charge in [0, 0.05) is 11.6 Å². The molecule has 0 unspecified atom stereocenters. The molecule has 0 heterocycles. The van der Waals surface area contributed by atoms with Gasteiger partial charge in [-0.15, -0.1) is 0 Å². The van der Waals surface area contributed by atoms with Gasteiger partial charge in [-0.3, -0.25) is 0 Å². The second kappa shape index (κ2) is 5.14. The molecule has 0 radical (unpaired) electrons. The first-order chi connectivity index (χ1) is 8.61. The van der Waals surface area contributed by atoms with Gasteiger partial charge in [0.05, 0.1) is 6.61 Å². The largest absolute Gasteiger partial charge is 0.454 e. The van der Waals surface area contributed by atoms with Gasteiger partial charge in [0.2, 0.25) is 0 Å². The number of ether oxygens (including phenoxy) is 1. The molecule has 0 aromatic heterocycles. The summed E-state index contributed by atoms with van der Waals surface area (Å²) in [6.45, 7) is 1.38. The van der Waals surface area contributed by atoms with E-state index in [4.69, 9.17) is 9.84 Å². The number of aliphatic hydroxyl groups excluding tert-OH is 1. The highest BCUT2D eigenvalue weighted by Crippen LogP contribution is 2.30. The number of rotatable bonds is 3. The summed E-state index contributed by atoms with van der Waals surface area (Å²) < 4.78 is 32.1. The third kappa shape index (κ3) is 2.49. The Morgan fingerprint density at radius 2 is 1.94 bits per heavy atom. The first kappa shape index (κ1) is 12.5. The Labute approximate surface area is 103 Å². The minimum atomic E-state index is -0.592. The van der Waals surface area contributed by atoms with Crippen molar-refractivity contribution in [2.24, 2.45) is 0 Å². The molecule has 0 aliphatic heterocycles. The Morgan fingerprint density at radius 3 is 2.67 bits per heavy atom. The summed E-state index contributed by atoms with van der Waals surface area (Å²) in [5.74, 6) is -0.897. The van der Waals surface area contributed by atoms with Crippen molar-refractivity contribution in [3.05, 3.63) is 59.2 Å². The smallest absolute Gasteiger partial charge is 0.168 e. The summed E-state index contributed by atoms with van der Waals surface area (Å²) in [6, 6.07) is 8.28. The summed E-state index contributed by atoms with van der Waals surface area (Å²) in [5, 5.41) is 9.12. The van der Waals surface area contributed by atoms with Gasteiger partial charge in [0.25, 0.3) is 0 Å². The third-order valence-electron chi connectivity index (χ3n) is 2.58. The molecule has 2 aromatic rings. The fraction of sp³-hybridized carbons (Fsp3) is 0.143. The van der Waals surface area contributed by atoms with Gasteiger partial charge in [-0.2, -0.15) is 0 Å². The molecular formula is C14H12F2O2. The molecule has 2 aromatic carbocycles. The zero-order valence-electron chi connectivity index (χ0n) is 9.78. The van der Waals surface area contributed by atoms with E-state index in [9.17, 15) is 8.78 Å². The fourth-order valence-corrected chi connectivity index (χ4v) is 1.59. The molecule has 0 saturated heterocycles. The summed E-state index contributed by atoms with van der Waals surface area (Å²) in [6.07, 6.45) is 0. The summed E-state index contributed by atoms with van der Waals surface area (Å²) >= 11 is 0. The van der Waals surface area contributed by atoms with E-state index < -0.39 is 11.6 Å². The van der Waals surface area contributed by atoms with Crippen LogP contribution in [0.1, 0.15) is 11.1 Å². The topological polar surface area (TPSA) is 29.5 Å². The number of benzene rings is 2. The molecule has 4 heteroatoms. The molecule has 0 saturated carbocycles. The van der Waals surface area contributed by atoms with Crippen molar-refractivity contribution in [2.45, 2.75) is 13.5 Å². The van der Waals surface area contributed by atoms with E-state index in [-0.39, 0.29) is 18.1 Å². The lowest BCUT2D eigenvalue weighted by Crippen LogP contribution is -1.96. The minimum Gasteiger partial charge on any atom is -0.454 e. The number of hydrogen-bond acceptors (Lipinski definition) is 2. The fourth-order valence-electron chi connectivity index (χ4n) is 1.59. The second-order valence-electron chi connectivity index (χ2n) is 3.90. The van der Waals surface area contributed by atoms with Crippen molar-refractivity contribution in [3.63, 3.8) is 0 Å². The summed E-state index contributed by atoms with van der Waals surface area (Å²) in [4.78, 5) is 0. The van der Waals surface area contributed by atoms with Crippen LogP contribution in [0.5, 0.6) is 11.5 Å². The van der Waals surface area contributed by atoms with E-state index in [0.717, 1.165) is 0 Å². The third-order valence-corrected chi connectivity index (χ3v) is 2.58. The van der Waals surface area contributed by atoms with Crippen LogP contribution in [-0.2, 0) is 6.61 Å². The molecule has 2 rings (SSSR count). The quantitative estimate of drug-likeness (QED) is 0.902. The first-order valence-corrected chi connectivity index (χ1v) is 5.44. The molecule has 94 valence electrons. The van der Waals surface area contributed by atoms with Crippen LogP contribution in [0.3, 0.4) is 0 Å². The second-order valence-corrected chi connectivity index (χ2v) is 3.90. The first-order valence-electron chi connectivity index (χ1n) is 5.44. The van der Waals surface area contributed by atoms with Crippen LogP contribution in [0.2, 0.25) is 0 Å². The molecule has 0 bridgehead atoms. The molecule has 0 amide bonds. The maximum absolute atomic E-state index is 13.6. The van der Waals surface area contributed by atoms with Crippen LogP contribution in [0, 0.1) is 18.6 Å². The van der Waals surface area contributed by atoms with E-state index >= 15 is 0 Å². The van der Waals surface area contributed by atoms with E-state index in [1.165, 1.54) is 24.3 Å². The zero-order chi connectivity index (χ0) is 13.1. The highest BCUT2D eigenvalue weighted by molar-refractivity contribution is 5.41. The van der Waals surface area contributed by atoms with E-state index in [1.54, 1.807) is 19.1 Å². The van der Waals surface area contributed by atoms with Crippen molar-refractivity contribution in [3.8, 4) is 11.5 Å². The maximum atomic E-state index is 13.6. The average Bonchev–Trinajstić information content (AvgIpc) is 2.36. The average molecular weight is 250 g/mol. The Balaban J connectivity index is 2.42. The van der Waals surface area contributed by atoms with E-state index in [2.05, 4.69) is 0 Å². The van der Waals surface area contributed by atoms with Crippen molar-refractivity contribution >= 4 is 0 Å². The molecule has 0 aliphatic carbocycles. The Morgan fingerprint density at radius 1 is 1.17 bits per heavy atom. The Kier molecular flexibility index (Phi) is 3.58. The van der Waals surface area contributed by atoms with Crippen molar-refractivity contribution < 1.29 is 18.6 Å². The molecule has 0 atom stereocenters. The number of hydrogen-bond donors (Lipinski definition) is 1. The molecule has 0 fully saturated rings. The predicted molar refractivity (Wildman–Crippen MR) is 63.5 cm³/mol. The lowest BCUT2D eigenvalue weighted by Gasteiger charge is -2.12. The van der Waals surface area contributed by atoms with Crippen LogP contribution in [0.25, 0.3) is 0 Å². The monoisotopic (exact) mass is 250 g/mol. The maximum Gasteiger partial charge on any atom is 0.168 e. The lowest BCUT2D eigenvalue weighted by molar-refractivity contribution is 0.274. The van der Waals surface area contributed by atoms with Crippen molar-refractivity contribution in [1.82, 2.24) is 0 Å². The summed E-state index contributed by atoms with van der Waals surface area (Å²) in [7, 11) is 0. The summed E-state index contributed by atoms with van der Waals surface area (Å²) in [5.41, 5.74) is 1.00. The van der Waals surface area contributed by atoms with Gasteiger partial charge in [-0.25, -0.2) is 8.78 Å². The molecule has 18 heavy (non-hydrogen) atoms. The van der Waals surface area contributed by atoms with Crippen molar-refractivity contribution in [1.29, 1.82) is 0 Å². The van der Waals surface area contributed by atoms with Gasteiger partial charge >= 0.3 is 0 Å². The predicted octanol–water partition coefficient (Wildman–Crippen LogP) is 3.56. The van der Waals surface area contributed by atoms with Crippen LogP contribution in [0.15, 0.2) is 36.4 Å². The van der Waals surface area contributed by atoms with E-state index in [0.29, 0.717) is 11.1 Å². The molecule has 2 nitrogen and oxygen atoms in total. The normalized spacial score (nSPS) is 10.4. The molecule has 1 N–H and O–H groups in total. The van der Waals surface area contributed by atoms with Gasteiger partial charge < -0.3 is 9.84 Å². The van der Waals surface area contributed by atoms with Crippen molar-refractivity contribution in [2.75, 3.05) is 0 Å². The van der Waals surface area contributed by atoms with Gasteiger partial charge in [0.15, 0.2) is 11.6 Å². The molecule has 0 spiro atoms. The SMILES string of the molecule is Cc1ccc(F)cc1Oc1c(F)cccc1CO. The minimum absolute atomic E-state index is 0.0753. The van der Waals surface area contributed by atoms with Crippen LogP contribution >= 0.6 is 0 Å². The number of para-hydroxylation sites is 1. The van der Waals surface area contributed by atoms with E-state index in [1.807, 2.05) is 0 Å². The highest BCUT2D eigenvalue weighted by atomic mass is 19.1. The lowest BCUT2D eigenvalue weighted by atomic mass is 10.2. The number of aryl methyl sites for hydroxylation is 1. The standard InChI is InChI=1S/C14H12F2O2/c1-9-5-6-11(15)7-13(9)18-14-10(8-17)3-2-4-12(14)16/h2-7,17H,8H2,1H3. The van der Waals surface area contributed by atoms with Crippen LogP contribution in [0.4, 0.5) is 8.78 Å². The van der Waals surface area contributed by atoms with Gasteiger partial charge in [-0.1, -0.05) is 18.2 Å². The molecule has 0 aliphatic rings. The van der Waals surface area contributed by atoms with Gasteiger partial charge in [0.1, 0.15) is 11.6 Å². The number of halogens is 2. The Hall–Kier alpha value is -1.94. The highest BCUT2D eigenvalue weighted by Gasteiger charge is 2.12. The van der Waals surface area contributed by atoms with Gasteiger partial charge in [-0.05, 0) is 24.6 Å². The van der Waals surface area contributed by atoms with Crippen LogP contribution < -0.4 is 4.74 Å². The van der Waals surface area contributed by atoms with Crippen LogP contribution in [-0.4, -0.2) is 5.11 Å².